The maximum absolute atomic E-state index is 13.9. The van der Waals surface area contributed by atoms with Gasteiger partial charge >= 0.3 is 0 Å². The molecule has 1 aliphatic heterocycles. The van der Waals surface area contributed by atoms with Crippen molar-refractivity contribution >= 4 is 39.3 Å². The van der Waals surface area contributed by atoms with Gasteiger partial charge in [0.15, 0.2) is 0 Å². The molecule has 0 fully saturated rings. The van der Waals surface area contributed by atoms with E-state index >= 15 is 0 Å². The number of hydrogen-bond donors (Lipinski definition) is 1. The first-order valence-electron chi connectivity index (χ1n) is 12.6. The van der Waals surface area contributed by atoms with Crippen molar-refractivity contribution in [3.05, 3.63) is 101 Å². The molecule has 0 spiro atoms. The van der Waals surface area contributed by atoms with E-state index in [9.17, 15) is 22.8 Å². The van der Waals surface area contributed by atoms with Crippen LogP contribution in [0.25, 0.3) is 0 Å². The molecular weight excluding hydrogens is 538 g/mol. The van der Waals surface area contributed by atoms with Gasteiger partial charge in [0.25, 0.3) is 15.9 Å². The van der Waals surface area contributed by atoms with Crippen molar-refractivity contribution < 1.29 is 22.8 Å². The number of amides is 3. The molecule has 1 heterocycles. The number of carbonyl (C=O) groups is 3. The number of carbonyl (C=O) groups excluding carboxylic acids is 3. The van der Waals surface area contributed by atoms with Crippen molar-refractivity contribution in [2.24, 2.45) is 5.92 Å². The summed E-state index contributed by atoms with van der Waals surface area (Å²) in [5.74, 6) is -1.65. The van der Waals surface area contributed by atoms with Gasteiger partial charge in [0, 0.05) is 24.5 Å². The summed E-state index contributed by atoms with van der Waals surface area (Å²) in [5.41, 5.74) is 1.50. The van der Waals surface area contributed by atoms with Crippen molar-refractivity contribution in [2.75, 3.05) is 13.1 Å². The van der Waals surface area contributed by atoms with E-state index in [1.54, 1.807) is 30.3 Å². The number of hydrogen-bond acceptors (Lipinski definition) is 5. The molecule has 1 N–H and O–H groups in total. The van der Waals surface area contributed by atoms with E-state index in [1.165, 1.54) is 23.1 Å². The van der Waals surface area contributed by atoms with Crippen LogP contribution in [0.4, 0.5) is 0 Å². The highest BCUT2D eigenvalue weighted by molar-refractivity contribution is 7.90. The summed E-state index contributed by atoms with van der Waals surface area (Å²) in [4.78, 5) is 41.7. The number of rotatable bonds is 10. The van der Waals surface area contributed by atoms with Gasteiger partial charge < -0.3 is 10.2 Å². The van der Waals surface area contributed by atoms with Gasteiger partial charge in [0.1, 0.15) is 17.5 Å². The summed E-state index contributed by atoms with van der Waals surface area (Å²) in [5, 5.41) is 3.37. The van der Waals surface area contributed by atoms with Crippen molar-refractivity contribution in [3.8, 4) is 0 Å². The lowest BCUT2D eigenvalue weighted by Crippen LogP contribution is -2.53. The normalized spacial score (nSPS) is 14.7. The van der Waals surface area contributed by atoms with E-state index in [4.69, 9.17) is 11.6 Å². The highest BCUT2D eigenvalue weighted by Gasteiger charge is 2.43. The third-order valence-electron chi connectivity index (χ3n) is 6.39. The molecule has 0 radical (unpaired) electrons. The van der Waals surface area contributed by atoms with Crippen LogP contribution in [0.5, 0.6) is 0 Å². The van der Waals surface area contributed by atoms with E-state index < -0.39 is 34.4 Å². The Morgan fingerprint density at radius 1 is 0.949 bits per heavy atom. The third-order valence-corrected chi connectivity index (χ3v) is 8.41. The van der Waals surface area contributed by atoms with E-state index in [0.29, 0.717) is 21.4 Å². The molecule has 3 aromatic rings. The van der Waals surface area contributed by atoms with Gasteiger partial charge in [0.2, 0.25) is 11.8 Å². The molecule has 0 bridgehead atoms. The Kier molecular flexibility index (Phi) is 8.72. The molecule has 1 atom stereocenters. The number of nitrogens with one attached hydrogen (secondary N) is 1. The fourth-order valence-electron chi connectivity index (χ4n) is 4.41. The first kappa shape index (κ1) is 28.3. The molecule has 0 aromatic heterocycles. The van der Waals surface area contributed by atoms with E-state index in [0.717, 1.165) is 5.56 Å². The van der Waals surface area contributed by atoms with Crippen molar-refractivity contribution in [2.45, 2.75) is 37.8 Å². The summed E-state index contributed by atoms with van der Waals surface area (Å²) in [6, 6.07) is 21.0. The summed E-state index contributed by atoms with van der Waals surface area (Å²) < 4.78 is 26.9. The van der Waals surface area contributed by atoms with Crippen LogP contribution >= 0.6 is 11.6 Å². The molecule has 0 unspecified atom stereocenters. The Morgan fingerprint density at radius 3 is 2.28 bits per heavy atom. The maximum Gasteiger partial charge on any atom is 0.269 e. The van der Waals surface area contributed by atoms with Crippen LogP contribution in [-0.4, -0.2) is 54.5 Å². The zero-order valence-electron chi connectivity index (χ0n) is 21.7. The Bertz CT molecular complexity index is 1480. The first-order chi connectivity index (χ1) is 18.6. The van der Waals surface area contributed by atoms with Crippen LogP contribution in [0.2, 0.25) is 5.02 Å². The van der Waals surface area contributed by atoms with Gasteiger partial charge in [-0.2, -0.15) is 0 Å². The highest BCUT2D eigenvalue weighted by Crippen LogP contribution is 2.30. The molecule has 1 aliphatic rings. The molecule has 204 valence electrons. The quantitative estimate of drug-likeness (QED) is 0.400. The molecule has 0 saturated heterocycles. The monoisotopic (exact) mass is 567 g/mol. The fraction of sp³-hybridized carbons (Fsp3) is 0.276. The van der Waals surface area contributed by atoms with Gasteiger partial charge in [-0.25, -0.2) is 12.7 Å². The number of sulfonamides is 1. The molecule has 8 nitrogen and oxygen atoms in total. The SMILES string of the molecule is CC(C)CNC(=O)[C@H](Cc1ccccc1)N(Cc1cccc(Cl)c1)C(=O)CN1C(=O)c2ccccc2S1(=O)=O. The molecule has 0 saturated carbocycles. The predicted octanol–water partition coefficient (Wildman–Crippen LogP) is 3.90. The summed E-state index contributed by atoms with van der Waals surface area (Å²) in [6.07, 6.45) is 0.192. The van der Waals surface area contributed by atoms with Crippen molar-refractivity contribution in [3.63, 3.8) is 0 Å². The average Bonchev–Trinajstić information content (AvgIpc) is 3.10. The minimum absolute atomic E-state index is 0.0129. The summed E-state index contributed by atoms with van der Waals surface area (Å²) >= 11 is 6.19. The topological polar surface area (TPSA) is 104 Å². The molecule has 10 heteroatoms. The molecule has 0 aliphatic carbocycles. The number of benzene rings is 3. The van der Waals surface area contributed by atoms with E-state index in [2.05, 4.69) is 5.32 Å². The second-order valence-electron chi connectivity index (χ2n) is 9.81. The Morgan fingerprint density at radius 2 is 1.62 bits per heavy atom. The maximum atomic E-state index is 13.9. The van der Waals surface area contributed by atoms with Crippen LogP contribution < -0.4 is 5.32 Å². The Labute approximate surface area is 233 Å². The van der Waals surface area contributed by atoms with E-state index in [1.807, 2.05) is 44.2 Å². The standard InChI is InChI=1S/C29H30ClN3O5S/c1-20(2)17-31-28(35)25(16-21-9-4-3-5-10-21)32(18-22-11-8-12-23(30)15-22)27(34)19-33-29(36)24-13-6-7-14-26(24)39(33,37)38/h3-15,20,25H,16-19H2,1-2H3,(H,31,35)/t25-/m0/s1. The zero-order valence-corrected chi connectivity index (χ0v) is 23.3. The van der Waals surface area contributed by atoms with Gasteiger partial charge in [0.05, 0.1) is 5.56 Å². The number of nitrogens with zero attached hydrogens (tertiary/aromatic N) is 2. The van der Waals surface area contributed by atoms with Crippen molar-refractivity contribution in [1.29, 1.82) is 0 Å². The third kappa shape index (κ3) is 6.49. The molecule has 3 amide bonds. The van der Waals surface area contributed by atoms with Gasteiger partial charge in [-0.15, -0.1) is 0 Å². The summed E-state index contributed by atoms with van der Waals surface area (Å²) in [7, 11) is -4.22. The number of halogens is 1. The van der Waals surface area contributed by atoms with E-state index in [-0.39, 0.29) is 35.2 Å². The van der Waals surface area contributed by atoms with Gasteiger partial charge in [-0.3, -0.25) is 14.4 Å². The van der Waals surface area contributed by atoms with Crippen LogP contribution in [-0.2, 0) is 32.6 Å². The van der Waals surface area contributed by atoms with Crippen LogP contribution in [0.1, 0.15) is 35.3 Å². The van der Waals surface area contributed by atoms with Crippen LogP contribution in [0.15, 0.2) is 83.8 Å². The van der Waals surface area contributed by atoms with Crippen molar-refractivity contribution in [1.82, 2.24) is 14.5 Å². The first-order valence-corrected chi connectivity index (χ1v) is 14.4. The smallest absolute Gasteiger partial charge is 0.269 e. The lowest BCUT2D eigenvalue weighted by molar-refractivity contribution is -0.141. The lowest BCUT2D eigenvalue weighted by Gasteiger charge is -2.32. The molecule has 3 aromatic carbocycles. The second kappa shape index (κ2) is 12.0. The Balaban J connectivity index is 1.71. The molecule has 39 heavy (non-hydrogen) atoms. The van der Waals surface area contributed by atoms with Gasteiger partial charge in [-0.1, -0.05) is 80.0 Å². The minimum Gasteiger partial charge on any atom is -0.354 e. The van der Waals surface area contributed by atoms with Gasteiger partial charge in [-0.05, 0) is 41.3 Å². The second-order valence-corrected chi connectivity index (χ2v) is 12.1. The molecular formula is C29H30ClN3O5S. The Hall–Kier alpha value is -3.69. The zero-order chi connectivity index (χ0) is 28.2. The minimum atomic E-state index is -4.22. The largest absolute Gasteiger partial charge is 0.354 e. The fourth-order valence-corrected chi connectivity index (χ4v) is 6.14. The van der Waals surface area contributed by atoms with Crippen LogP contribution in [0, 0.1) is 5.92 Å². The van der Waals surface area contributed by atoms with Crippen LogP contribution in [0.3, 0.4) is 0 Å². The average molecular weight is 568 g/mol. The molecule has 4 rings (SSSR count). The predicted molar refractivity (Wildman–Crippen MR) is 148 cm³/mol. The number of fused-ring (bicyclic) bond motifs is 1. The highest BCUT2D eigenvalue weighted by atomic mass is 35.5. The lowest BCUT2D eigenvalue weighted by atomic mass is 10.0. The summed E-state index contributed by atoms with van der Waals surface area (Å²) in [6.45, 7) is 3.57.